The molecule has 1 aliphatic rings. The topological polar surface area (TPSA) is 75.4 Å². The van der Waals surface area contributed by atoms with Crippen LogP contribution in [0.5, 0.6) is 0 Å². The fourth-order valence-electron chi connectivity index (χ4n) is 3.39. The van der Waals surface area contributed by atoms with E-state index in [-0.39, 0.29) is 18.1 Å². The number of carbonyl (C=O) groups excluding carboxylic acids is 1. The molecule has 1 aromatic heterocycles. The van der Waals surface area contributed by atoms with Gasteiger partial charge in [-0.1, -0.05) is 59.8 Å². The average Bonchev–Trinajstić information content (AvgIpc) is 3.17. The van der Waals surface area contributed by atoms with Gasteiger partial charge in [0.05, 0.1) is 5.60 Å². The Hall–Kier alpha value is -2.92. The quantitative estimate of drug-likeness (QED) is 0.760. The maximum absolute atomic E-state index is 12.4. The van der Waals surface area contributed by atoms with Crippen LogP contribution < -0.4 is 5.32 Å². The number of rotatable bonds is 4. The van der Waals surface area contributed by atoms with Crippen LogP contribution in [0.3, 0.4) is 0 Å². The van der Waals surface area contributed by atoms with Crippen molar-refractivity contribution in [2.24, 2.45) is 0 Å². The number of amides is 1. The van der Waals surface area contributed by atoms with Gasteiger partial charge >= 0.3 is 0 Å². The van der Waals surface area contributed by atoms with Gasteiger partial charge in [0.1, 0.15) is 0 Å². The van der Waals surface area contributed by atoms with Gasteiger partial charge in [-0.25, -0.2) is 0 Å². The van der Waals surface area contributed by atoms with Crippen LogP contribution in [-0.2, 0) is 12.8 Å². The molecule has 0 fully saturated rings. The van der Waals surface area contributed by atoms with Crippen LogP contribution in [0.2, 0.25) is 0 Å². The largest absolute Gasteiger partial charge is 0.388 e. The molecule has 5 nitrogen and oxygen atoms in total. The summed E-state index contributed by atoms with van der Waals surface area (Å²) in [5, 5.41) is 17.5. The van der Waals surface area contributed by atoms with Crippen molar-refractivity contribution in [3.05, 3.63) is 77.5 Å². The minimum absolute atomic E-state index is 0.188. The summed E-state index contributed by atoms with van der Waals surface area (Å²) in [7, 11) is 0. The lowest BCUT2D eigenvalue weighted by molar-refractivity contribution is 0.0259. The van der Waals surface area contributed by atoms with E-state index in [9.17, 15) is 9.90 Å². The number of benzene rings is 2. The molecular weight excluding hydrogens is 328 g/mol. The number of hydrogen-bond acceptors (Lipinski definition) is 4. The van der Waals surface area contributed by atoms with Gasteiger partial charge in [-0.3, -0.25) is 4.79 Å². The highest BCUT2D eigenvalue weighted by Crippen LogP contribution is 2.28. The van der Waals surface area contributed by atoms with E-state index in [1.54, 1.807) is 6.07 Å². The second kappa shape index (κ2) is 6.77. The summed E-state index contributed by atoms with van der Waals surface area (Å²) in [5.74, 6) is 0.198. The van der Waals surface area contributed by atoms with Crippen LogP contribution in [0.1, 0.15) is 28.0 Å². The van der Waals surface area contributed by atoms with Crippen LogP contribution in [0.25, 0.3) is 11.3 Å². The van der Waals surface area contributed by atoms with Gasteiger partial charge < -0.3 is 14.9 Å². The van der Waals surface area contributed by atoms with Gasteiger partial charge in [-0.05, 0) is 24.0 Å². The molecule has 0 saturated heterocycles. The van der Waals surface area contributed by atoms with Crippen molar-refractivity contribution in [3.63, 3.8) is 0 Å². The van der Waals surface area contributed by atoms with Crippen molar-refractivity contribution < 1.29 is 14.4 Å². The fourth-order valence-corrected chi connectivity index (χ4v) is 3.39. The molecule has 132 valence electrons. The molecule has 0 radical (unpaired) electrons. The molecule has 2 N–H and O–H groups in total. The van der Waals surface area contributed by atoms with E-state index >= 15 is 0 Å². The Morgan fingerprint density at radius 1 is 1.12 bits per heavy atom. The van der Waals surface area contributed by atoms with Crippen molar-refractivity contribution in [2.45, 2.75) is 24.9 Å². The number of aromatic nitrogens is 1. The lowest BCUT2D eigenvalue weighted by Crippen LogP contribution is -2.46. The van der Waals surface area contributed by atoms with E-state index in [2.05, 4.69) is 16.5 Å². The third-order valence-electron chi connectivity index (χ3n) is 4.88. The first-order chi connectivity index (χ1) is 12.6. The van der Waals surface area contributed by atoms with Gasteiger partial charge in [-0.2, -0.15) is 0 Å². The highest BCUT2D eigenvalue weighted by molar-refractivity contribution is 5.93. The molecule has 3 aromatic rings. The van der Waals surface area contributed by atoms with Gasteiger partial charge in [-0.15, -0.1) is 0 Å². The predicted molar refractivity (Wildman–Crippen MR) is 97.7 cm³/mol. The van der Waals surface area contributed by atoms with Crippen LogP contribution in [0.15, 0.2) is 65.2 Å². The van der Waals surface area contributed by atoms with Crippen molar-refractivity contribution >= 4 is 5.91 Å². The summed E-state index contributed by atoms with van der Waals surface area (Å²) < 4.78 is 5.26. The molecule has 0 unspecified atom stereocenters. The Balaban J connectivity index is 1.41. The van der Waals surface area contributed by atoms with Gasteiger partial charge in [0, 0.05) is 24.6 Å². The minimum Gasteiger partial charge on any atom is -0.388 e. The summed E-state index contributed by atoms with van der Waals surface area (Å²) >= 11 is 0. The van der Waals surface area contributed by atoms with Crippen molar-refractivity contribution in [1.29, 1.82) is 0 Å². The number of hydrogen-bond donors (Lipinski definition) is 2. The van der Waals surface area contributed by atoms with Crippen molar-refractivity contribution in [2.75, 3.05) is 6.54 Å². The SMILES string of the molecule is O=C(NC[C@]1(O)CCc2ccccc2C1)c1cc(-c2ccccc2)on1. The van der Waals surface area contributed by atoms with Gasteiger partial charge in [0.2, 0.25) is 0 Å². The van der Waals surface area contributed by atoms with E-state index in [4.69, 9.17) is 4.52 Å². The second-order valence-corrected chi connectivity index (χ2v) is 6.79. The number of nitrogens with one attached hydrogen (secondary N) is 1. The molecule has 0 spiro atoms. The lowest BCUT2D eigenvalue weighted by atomic mass is 9.80. The standard InChI is InChI=1S/C21H20N2O3/c24-20(18-12-19(26-23-18)16-7-2-1-3-8-16)22-14-21(25)11-10-15-6-4-5-9-17(15)13-21/h1-9,12,25H,10-11,13-14H2,(H,22,24)/t21-/m0/s1. The monoisotopic (exact) mass is 348 g/mol. The zero-order valence-corrected chi connectivity index (χ0v) is 14.3. The number of fused-ring (bicyclic) bond motifs is 1. The third-order valence-corrected chi connectivity index (χ3v) is 4.88. The van der Waals surface area contributed by atoms with E-state index in [0.717, 1.165) is 17.5 Å². The van der Waals surface area contributed by atoms with E-state index in [1.165, 1.54) is 5.56 Å². The van der Waals surface area contributed by atoms with E-state index in [0.29, 0.717) is 18.6 Å². The first kappa shape index (κ1) is 16.5. The van der Waals surface area contributed by atoms with E-state index < -0.39 is 5.60 Å². The molecule has 0 aliphatic heterocycles. The molecule has 1 heterocycles. The lowest BCUT2D eigenvalue weighted by Gasteiger charge is -2.33. The average molecular weight is 348 g/mol. The van der Waals surface area contributed by atoms with Crippen molar-refractivity contribution in [1.82, 2.24) is 10.5 Å². The highest BCUT2D eigenvalue weighted by Gasteiger charge is 2.32. The predicted octanol–water partition coefficient (Wildman–Crippen LogP) is 2.99. The molecule has 5 heteroatoms. The third kappa shape index (κ3) is 3.39. The Morgan fingerprint density at radius 2 is 1.85 bits per heavy atom. The maximum atomic E-state index is 12.4. The first-order valence-corrected chi connectivity index (χ1v) is 8.72. The Morgan fingerprint density at radius 3 is 2.65 bits per heavy atom. The molecule has 1 aliphatic carbocycles. The normalized spacial score (nSPS) is 19.0. The number of nitrogens with zero attached hydrogens (tertiary/aromatic N) is 1. The summed E-state index contributed by atoms with van der Waals surface area (Å²) in [6.45, 7) is 0.188. The molecule has 26 heavy (non-hydrogen) atoms. The molecule has 4 rings (SSSR count). The molecule has 1 atom stereocenters. The van der Waals surface area contributed by atoms with Gasteiger partial charge in [0.25, 0.3) is 5.91 Å². The van der Waals surface area contributed by atoms with Crippen LogP contribution in [0.4, 0.5) is 0 Å². The van der Waals surface area contributed by atoms with Crippen molar-refractivity contribution in [3.8, 4) is 11.3 Å². The maximum Gasteiger partial charge on any atom is 0.273 e. The number of aryl methyl sites for hydroxylation is 1. The Labute approximate surface area is 151 Å². The molecular formula is C21H20N2O3. The summed E-state index contributed by atoms with van der Waals surface area (Å²) in [6.07, 6.45) is 1.97. The number of aliphatic hydroxyl groups is 1. The zero-order chi connectivity index (χ0) is 18.0. The molecule has 0 bridgehead atoms. The summed E-state index contributed by atoms with van der Waals surface area (Å²) in [6, 6.07) is 19.2. The molecule has 2 aromatic carbocycles. The van der Waals surface area contributed by atoms with Crippen LogP contribution in [-0.4, -0.2) is 28.3 Å². The smallest absolute Gasteiger partial charge is 0.273 e. The summed E-state index contributed by atoms with van der Waals surface area (Å²) in [5.41, 5.74) is 2.55. The number of carbonyl (C=O) groups is 1. The first-order valence-electron chi connectivity index (χ1n) is 8.72. The highest BCUT2D eigenvalue weighted by atomic mass is 16.5. The minimum atomic E-state index is -0.935. The summed E-state index contributed by atoms with van der Waals surface area (Å²) in [4.78, 5) is 12.4. The van der Waals surface area contributed by atoms with E-state index in [1.807, 2.05) is 48.5 Å². The Bertz CT molecular complexity index is 920. The zero-order valence-electron chi connectivity index (χ0n) is 14.3. The van der Waals surface area contributed by atoms with Gasteiger partial charge in [0.15, 0.2) is 11.5 Å². The van der Waals surface area contributed by atoms with Crippen LogP contribution in [0, 0.1) is 0 Å². The molecule has 1 amide bonds. The fraction of sp³-hybridized carbons (Fsp3) is 0.238. The second-order valence-electron chi connectivity index (χ2n) is 6.79. The Kier molecular flexibility index (Phi) is 4.31. The van der Waals surface area contributed by atoms with Crippen LogP contribution >= 0.6 is 0 Å². The molecule has 0 saturated carbocycles.